The van der Waals surface area contributed by atoms with Crippen LogP contribution in [-0.2, 0) is 6.54 Å². The van der Waals surface area contributed by atoms with E-state index in [0.29, 0.717) is 11.1 Å². The highest BCUT2D eigenvalue weighted by molar-refractivity contribution is 5.05. The van der Waals surface area contributed by atoms with Gasteiger partial charge in [-0.3, -0.25) is 4.90 Å². The number of hydrogen-bond acceptors (Lipinski definition) is 3. The maximum absolute atomic E-state index is 4.13. The molecule has 2 fully saturated rings. The second-order valence-corrected chi connectivity index (χ2v) is 7.27. The van der Waals surface area contributed by atoms with Crippen LogP contribution in [0.5, 0.6) is 0 Å². The average Bonchev–Trinajstić information content (AvgIpc) is 3.16. The summed E-state index contributed by atoms with van der Waals surface area (Å²) in [5.74, 6) is 0. The average molecular weight is 290 g/mol. The third-order valence-electron chi connectivity index (χ3n) is 5.77. The third kappa shape index (κ3) is 3.16. The molecular weight excluding hydrogens is 260 g/mol. The van der Waals surface area contributed by atoms with Gasteiger partial charge in [-0.15, -0.1) is 0 Å². The second kappa shape index (κ2) is 6.09. The van der Waals surface area contributed by atoms with Gasteiger partial charge in [0, 0.05) is 49.7 Å². The molecule has 1 saturated carbocycles. The Morgan fingerprint density at radius 2 is 2.05 bits per heavy atom. The number of nitrogens with zero attached hydrogens (tertiary/aromatic N) is 3. The van der Waals surface area contributed by atoms with Gasteiger partial charge in [-0.2, -0.15) is 0 Å². The van der Waals surface area contributed by atoms with Crippen LogP contribution < -0.4 is 5.32 Å². The Kier molecular flexibility index (Phi) is 4.36. The monoisotopic (exact) mass is 290 g/mol. The van der Waals surface area contributed by atoms with Crippen LogP contribution in [0.1, 0.15) is 52.4 Å². The van der Waals surface area contributed by atoms with Crippen molar-refractivity contribution in [1.82, 2.24) is 19.8 Å². The second-order valence-electron chi connectivity index (χ2n) is 7.27. The van der Waals surface area contributed by atoms with Crippen molar-refractivity contribution in [2.75, 3.05) is 19.6 Å². The number of rotatable bonds is 5. The van der Waals surface area contributed by atoms with Gasteiger partial charge in [-0.25, -0.2) is 4.98 Å². The van der Waals surface area contributed by atoms with E-state index in [1.54, 1.807) is 0 Å². The number of aromatic nitrogens is 2. The predicted octanol–water partition coefficient (Wildman–Crippen LogP) is 2.66. The summed E-state index contributed by atoms with van der Waals surface area (Å²) in [7, 11) is 0. The molecule has 1 spiro atoms. The molecule has 2 aliphatic rings. The summed E-state index contributed by atoms with van der Waals surface area (Å²) in [6.07, 6.45) is 13.9. The standard InChI is InChI=1S/C17H30N4/c1-3-16(2)14-21(11-6-10-20-12-9-18-15-20)17(13-19-16)7-4-5-8-17/h9,12,15,19H,3-8,10-11,13-14H2,1-2H3. The van der Waals surface area contributed by atoms with Crippen molar-refractivity contribution in [3.05, 3.63) is 18.7 Å². The largest absolute Gasteiger partial charge is 0.337 e. The van der Waals surface area contributed by atoms with Crippen molar-refractivity contribution in [2.45, 2.75) is 70.0 Å². The molecule has 1 aromatic heterocycles. The van der Waals surface area contributed by atoms with Crippen LogP contribution in [0.4, 0.5) is 0 Å². The van der Waals surface area contributed by atoms with Crippen LogP contribution in [0.2, 0.25) is 0 Å². The summed E-state index contributed by atoms with van der Waals surface area (Å²) >= 11 is 0. The Hall–Kier alpha value is -0.870. The van der Waals surface area contributed by atoms with E-state index in [2.05, 4.69) is 39.8 Å². The van der Waals surface area contributed by atoms with E-state index in [0.717, 1.165) is 6.54 Å². The first-order valence-corrected chi connectivity index (χ1v) is 8.62. The molecule has 0 aromatic carbocycles. The lowest BCUT2D eigenvalue weighted by molar-refractivity contribution is 0.0104. The Morgan fingerprint density at radius 1 is 1.24 bits per heavy atom. The van der Waals surface area contributed by atoms with E-state index in [1.165, 1.54) is 58.2 Å². The van der Waals surface area contributed by atoms with Crippen molar-refractivity contribution in [1.29, 1.82) is 0 Å². The van der Waals surface area contributed by atoms with Crippen LogP contribution in [0.3, 0.4) is 0 Å². The van der Waals surface area contributed by atoms with E-state index in [9.17, 15) is 0 Å². The smallest absolute Gasteiger partial charge is 0.0945 e. The molecule has 1 N–H and O–H groups in total. The van der Waals surface area contributed by atoms with Gasteiger partial charge in [-0.05, 0) is 32.6 Å². The van der Waals surface area contributed by atoms with E-state index < -0.39 is 0 Å². The molecule has 4 heteroatoms. The predicted molar refractivity (Wildman–Crippen MR) is 86.3 cm³/mol. The van der Waals surface area contributed by atoms with E-state index >= 15 is 0 Å². The normalized spacial score (nSPS) is 29.2. The first kappa shape index (κ1) is 15.0. The van der Waals surface area contributed by atoms with Gasteiger partial charge in [0.25, 0.3) is 0 Å². The fourth-order valence-electron chi connectivity index (χ4n) is 4.08. The molecule has 21 heavy (non-hydrogen) atoms. The minimum Gasteiger partial charge on any atom is -0.337 e. The first-order valence-electron chi connectivity index (χ1n) is 8.62. The Bertz CT molecular complexity index is 436. The molecule has 1 atom stereocenters. The van der Waals surface area contributed by atoms with Crippen LogP contribution in [0, 0.1) is 0 Å². The highest BCUT2D eigenvalue weighted by Gasteiger charge is 2.45. The SMILES string of the molecule is CCC1(C)CN(CCCn2ccnc2)C2(CCCC2)CN1. The maximum atomic E-state index is 4.13. The zero-order valence-corrected chi connectivity index (χ0v) is 13.6. The molecule has 0 radical (unpaired) electrons. The lowest BCUT2D eigenvalue weighted by atomic mass is 9.85. The van der Waals surface area contributed by atoms with Gasteiger partial charge in [0.1, 0.15) is 0 Å². The number of hydrogen-bond donors (Lipinski definition) is 1. The fraction of sp³-hybridized carbons (Fsp3) is 0.824. The molecule has 3 rings (SSSR count). The Balaban J connectivity index is 1.62. The van der Waals surface area contributed by atoms with Crippen molar-refractivity contribution < 1.29 is 0 Å². The van der Waals surface area contributed by atoms with Crippen LogP contribution >= 0.6 is 0 Å². The van der Waals surface area contributed by atoms with Crippen LogP contribution in [0.15, 0.2) is 18.7 Å². The quantitative estimate of drug-likeness (QED) is 0.905. The summed E-state index contributed by atoms with van der Waals surface area (Å²) < 4.78 is 2.20. The van der Waals surface area contributed by atoms with Crippen LogP contribution in [-0.4, -0.2) is 45.2 Å². The zero-order chi connectivity index (χ0) is 14.8. The summed E-state index contributed by atoms with van der Waals surface area (Å²) in [4.78, 5) is 6.95. The molecule has 0 bridgehead atoms. The highest BCUT2D eigenvalue weighted by Crippen LogP contribution is 2.39. The molecule has 118 valence electrons. The van der Waals surface area contributed by atoms with E-state index in [1.807, 2.05) is 12.5 Å². The molecule has 4 nitrogen and oxygen atoms in total. The first-order chi connectivity index (χ1) is 10.2. The van der Waals surface area contributed by atoms with Crippen molar-refractivity contribution in [3.63, 3.8) is 0 Å². The minimum atomic E-state index is 0.294. The topological polar surface area (TPSA) is 33.1 Å². The Morgan fingerprint density at radius 3 is 2.71 bits per heavy atom. The summed E-state index contributed by atoms with van der Waals surface area (Å²) in [6.45, 7) is 9.38. The van der Waals surface area contributed by atoms with Crippen molar-refractivity contribution >= 4 is 0 Å². The van der Waals surface area contributed by atoms with Crippen molar-refractivity contribution in [3.8, 4) is 0 Å². The Labute approximate surface area is 128 Å². The van der Waals surface area contributed by atoms with Gasteiger partial charge in [0.2, 0.25) is 0 Å². The number of nitrogens with one attached hydrogen (secondary N) is 1. The van der Waals surface area contributed by atoms with Gasteiger partial charge >= 0.3 is 0 Å². The molecular formula is C17H30N4. The lowest BCUT2D eigenvalue weighted by Crippen LogP contribution is -2.68. The highest BCUT2D eigenvalue weighted by atomic mass is 15.3. The zero-order valence-electron chi connectivity index (χ0n) is 13.6. The van der Waals surface area contributed by atoms with Gasteiger partial charge < -0.3 is 9.88 Å². The summed E-state index contributed by atoms with van der Waals surface area (Å²) in [5, 5.41) is 3.86. The third-order valence-corrected chi connectivity index (χ3v) is 5.77. The van der Waals surface area contributed by atoms with Gasteiger partial charge in [0.05, 0.1) is 6.33 Å². The fourth-order valence-corrected chi connectivity index (χ4v) is 4.08. The van der Waals surface area contributed by atoms with Crippen LogP contribution in [0.25, 0.3) is 0 Å². The molecule has 1 saturated heterocycles. The van der Waals surface area contributed by atoms with E-state index in [4.69, 9.17) is 0 Å². The minimum absolute atomic E-state index is 0.294. The summed E-state index contributed by atoms with van der Waals surface area (Å²) in [6, 6.07) is 0. The number of piperazine rings is 1. The number of imidazole rings is 1. The molecule has 1 aliphatic heterocycles. The molecule has 0 amide bonds. The van der Waals surface area contributed by atoms with E-state index in [-0.39, 0.29) is 0 Å². The molecule has 2 heterocycles. The lowest BCUT2D eigenvalue weighted by Gasteiger charge is -2.52. The summed E-state index contributed by atoms with van der Waals surface area (Å²) in [5.41, 5.74) is 0.743. The van der Waals surface area contributed by atoms with Gasteiger partial charge in [-0.1, -0.05) is 19.8 Å². The molecule has 1 aliphatic carbocycles. The van der Waals surface area contributed by atoms with Crippen molar-refractivity contribution in [2.24, 2.45) is 0 Å². The maximum Gasteiger partial charge on any atom is 0.0945 e. The van der Waals surface area contributed by atoms with Gasteiger partial charge in [0.15, 0.2) is 0 Å². The molecule has 1 unspecified atom stereocenters. The number of aryl methyl sites for hydroxylation is 1. The molecule has 1 aromatic rings.